The van der Waals surface area contributed by atoms with Gasteiger partial charge in [0.2, 0.25) is 5.91 Å². The van der Waals surface area contributed by atoms with Crippen molar-refractivity contribution in [3.63, 3.8) is 0 Å². The predicted molar refractivity (Wildman–Crippen MR) is 85.1 cm³/mol. The van der Waals surface area contributed by atoms with Crippen molar-refractivity contribution in [1.82, 2.24) is 4.90 Å². The van der Waals surface area contributed by atoms with Gasteiger partial charge in [0.15, 0.2) is 0 Å². The molecule has 1 amide bonds. The molecule has 3 atom stereocenters. The normalized spacial score (nSPS) is 21.3. The summed E-state index contributed by atoms with van der Waals surface area (Å²) in [5.74, 6) is -2.27. The van der Waals surface area contributed by atoms with Crippen molar-refractivity contribution >= 4 is 18.3 Å². The lowest BCUT2D eigenvalue weighted by atomic mass is 9.91. The quantitative estimate of drug-likeness (QED) is 0.906. The van der Waals surface area contributed by atoms with E-state index < -0.39 is 24.1 Å². The van der Waals surface area contributed by atoms with E-state index in [1.165, 1.54) is 4.90 Å². The molecule has 7 heteroatoms. The minimum absolute atomic E-state index is 0. The summed E-state index contributed by atoms with van der Waals surface area (Å²) in [6.07, 6.45) is -3.78. The molecule has 1 aliphatic rings. The van der Waals surface area contributed by atoms with Crippen LogP contribution in [0.2, 0.25) is 0 Å². The molecule has 1 saturated heterocycles. The average Bonchev–Trinajstić information content (AvgIpc) is 2.53. The fraction of sp³-hybridized carbons (Fsp3) is 0.562. The molecule has 1 aromatic rings. The Morgan fingerprint density at radius 2 is 1.91 bits per heavy atom. The van der Waals surface area contributed by atoms with E-state index >= 15 is 0 Å². The van der Waals surface area contributed by atoms with E-state index in [1.807, 2.05) is 30.3 Å². The standard InChI is InChI=1S/C16H21F3N2O.ClH/c1-11(14(20)12-6-3-2-4-7-12)15(22)21-9-5-8-13(10-21)16(17,18)19;/h2-4,6-7,11,13-14H,5,8-10,20H2,1H3;1H. The Hall–Kier alpha value is -1.27. The summed E-state index contributed by atoms with van der Waals surface area (Å²) in [6, 6.07) is 8.63. The van der Waals surface area contributed by atoms with E-state index in [9.17, 15) is 18.0 Å². The van der Waals surface area contributed by atoms with Gasteiger partial charge in [0, 0.05) is 19.1 Å². The molecular formula is C16H22ClF3N2O. The number of carbonyl (C=O) groups excluding carboxylic acids is 1. The van der Waals surface area contributed by atoms with Crippen LogP contribution in [-0.4, -0.2) is 30.1 Å². The Bertz CT molecular complexity index is 510. The number of nitrogens with two attached hydrogens (primary N) is 1. The number of halogens is 4. The second kappa shape index (κ2) is 8.02. The molecular weight excluding hydrogens is 329 g/mol. The number of benzene rings is 1. The lowest BCUT2D eigenvalue weighted by Gasteiger charge is -2.36. The largest absolute Gasteiger partial charge is 0.393 e. The number of nitrogens with zero attached hydrogens (tertiary/aromatic N) is 1. The Morgan fingerprint density at radius 3 is 2.48 bits per heavy atom. The first-order valence-corrected chi connectivity index (χ1v) is 7.46. The van der Waals surface area contributed by atoms with Gasteiger partial charge in [-0.3, -0.25) is 4.79 Å². The number of alkyl halides is 3. The van der Waals surface area contributed by atoms with Gasteiger partial charge in [-0.05, 0) is 18.4 Å². The molecule has 0 spiro atoms. The summed E-state index contributed by atoms with van der Waals surface area (Å²) >= 11 is 0. The van der Waals surface area contributed by atoms with Crippen LogP contribution in [0.5, 0.6) is 0 Å². The molecule has 23 heavy (non-hydrogen) atoms. The molecule has 1 aromatic carbocycles. The van der Waals surface area contributed by atoms with Crippen LogP contribution in [0.15, 0.2) is 30.3 Å². The van der Waals surface area contributed by atoms with Crippen molar-refractivity contribution < 1.29 is 18.0 Å². The highest BCUT2D eigenvalue weighted by molar-refractivity contribution is 5.85. The highest BCUT2D eigenvalue weighted by Crippen LogP contribution is 2.34. The maximum atomic E-state index is 12.8. The van der Waals surface area contributed by atoms with Gasteiger partial charge in [0.25, 0.3) is 0 Å². The van der Waals surface area contributed by atoms with Crippen LogP contribution in [0.4, 0.5) is 13.2 Å². The molecule has 130 valence electrons. The zero-order valence-corrected chi connectivity index (χ0v) is 13.7. The van der Waals surface area contributed by atoms with Gasteiger partial charge in [-0.2, -0.15) is 13.2 Å². The Kier molecular flexibility index (Phi) is 6.89. The molecule has 1 heterocycles. The monoisotopic (exact) mass is 350 g/mol. The molecule has 3 unspecified atom stereocenters. The SMILES string of the molecule is CC(C(=O)N1CCCC(C(F)(F)F)C1)C(N)c1ccccc1.Cl. The minimum atomic E-state index is -4.25. The molecule has 0 aromatic heterocycles. The van der Waals surface area contributed by atoms with E-state index in [0.29, 0.717) is 13.0 Å². The highest BCUT2D eigenvalue weighted by Gasteiger charge is 2.43. The van der Waals surface area contributed by atoms with E-state index in [-0.39, 0.29) is 31.3 Å². The number of carbonyl (C=O) groups is 1. The predicted octanol–water partition coefficient (Wildman–Crippen LogP) is 3.55. The third-order valence-electron chi connectivity index (χ3n) is 4.31. The number of piperidine rings is 1. The van der Waals surface area contributed by atoms with E-state index in [1.54, 1.807) is 6.92 Å². The van der Waals surface area contributed by atoms with E-state index in [4.69, 9.17) is 5.73 Å². The molecule has 0 radical (unpaired) electrons. The minimum Gasteiger partial charge on any atom is -0.342 e. The van der Waals surface area contributed by atoms with Gasteiger partial charge in [-0.15, -0.1) is 12.4 Å². The van der Waals surface area contributed by atoms with Crippen molar-refractivity contribution in [2.75, 3.05) is 13.1 Å². The third-order valence-corrected chi connectivity index (χ3v) is 4.31. The summed E-state index contributed by atoms with van der Waals surface area (Å²) in [4.78, 5) is 13.8. The summed E-state index contributed by atoms with van der Waals surface area (Å²) in [5, 5.41) is 0. The lowest BCUT2D eigenvalue weighted by molar-refractivity contribution is -0.188. The molecule has 0 bridgehead atoms. The Morgan fingerprint density at radius 1 is 1.30 bits per heavy atom. The molecule has 2 N–H and O–H groups in total. The number of rotatable bonds is 3. The molecule has 1 aliphatic heterocycles. The first-order chi connectivity index (χ1) is 10.3. The average molecular weight is 351 g/mol. The van der Waals surface area contributed by atoms with Crippen LogP contribution in [-0.2, 0) is 4.79 Å². The number of amides is 1. The third kappa shape index (κ3) is 4.85. The van der Waals surface area contributed by atoms with Gasteiger partial charge < -0.3 is 10.6 Å². The van der Waals surface area contributed by atoms with Gasteiger partial charge in [-0.1, -0.05) is 37.3 Å². The first kappa shape index (κ1) is 19.8. The number of hydrogen-bond donors (Lipinski definition) is 1. The van der Waals surface area contributed by atoms with Crippen LogP contribution >= 0.6 is 12.4 Å². The van der Waals surface area contributed by atoms with Gasteiger partial charge in [0.05, 0.1) is 11.8 Å². The molecule has 0 saturated carbocycles. The van der Waals surface area contributed by atoms with Gasteiger partial charge in [-0.25, -0.2) is 0 Å². The van der Waals surface area contributed by atoms with Crippen LogP contribution in [0.1, 0.15) is 31.4 Å². The summed E-state index contributed by atoms with van der Waals surface area (Å²) in [7, 11) is 0. The molecule has 1 fully saturated rings. The molecule has 2 rings (SSSR count). The van der Waals surface area contributed by atoms with E-state index in [0.717, 1.165) is 5.56 Å². The van der Waals surface area contributed by atoms with Gasteiger partial charge in [0.1, 0.15) is 0 Å². The smallest absolute Gasteiger partial charge is 0.342 e. The topological polar surface area (TPSA) is 46.3 Å². The van der Waals surface area contributed by atoms with Gasteiger partial charge >= 0.3 is 6.18 Å². The maximum absolute atomic E-state index is 12.8. The van der Waals surface area contributed by atoms with Crippen molar-refractivity contribution in [3.05, 3.63) is 35.9 Å². The number of hydrogen-bond acceptors (Lipinski definition) is 2. The fourth-order valence-corrected chi connectivity index (χ4v) is 2.85. The van der Waals surface area contributed by atoms with Crippen molar-refractivity contribution in [2.24, 2.45) is 17.6 Å². The van der Waals surface area contributed by atoms with Crippen LogP contribution < -0.4 is 5.73 Å². The lowest BCUT2D eigenvalue weighted by Crippen LogP contribution is -2.47. The maximum Gasteiger partial charge on any atom is 0.393 e. The van der Waals surface area contributed by atoms with Crippen molar-refractivity contribution in [3.8, 4) is 0 Å². The van der Waals surface area contributed by atoms with E-state index in [2.05, 4.69) is 0 Å². The van der Waals surface area contributed by atoms with Crippen LogP contribution in [0, 0.1) is 11.8 Å². The van der Waals surface area contributed by atoms with Crippen molar-refractivity contribution in [2.45, 2.75) is 32.0 Å². The second-order valence-electron chi connectivity index (χ2n) is 5.89. The number of likely N-dealkylation sites (tertiary alicyclic amines) is 1. The Balaban J connectivity index is 0.00000264. The van der Waals surface area contributed by atoms with Crippen LogP contribution in [0.25, 0.3) is 0 Å². The first-order valence-electron chi connectivity index (χ1n) is 7.46. The summed E-state index contributed by atoms with van der Waals surface area (Å²) in [6.45, 7) is 1.79. The Labute approximate surface area is 140 Å². The molecule has 0 aliphatic carbocycles. The zero-order valence-electron chi connectivity index (χ0n) is 12.9. The summed E-state index contributed by atoms with van der Waals surface area (Å²) < 4.78 is 38.5. The highest BCUT2D eigenvalue weighted by atomic mass is 35.5. The van der Waals surface area contributed by atoms with Crippen molar-refractivity contribution in [1.29, 1.82) is 0 Å². The zero-order chi connectivity index (χ0) is 16.3. The van der Waals surface area contributed by atoms with Crippen LogP contribution in [0.3, 0.4) is 0 Å². The fourth-order valence-electron chi connectivity index (χ4n) is 2.85. The molecule has 3 nitrogen and oxygen atoms in total. The summed E-state index contributed by atoms with van der Waals surface area (Å²) in [5.41, 5.74) is 6.91. The second-order valence-corrected chi connectivity index (χ2v) is 5.89.